The predicted octanol–water partition coefficient (Wildman–Crippen LogP) is 2.63. The summed E-state index contributed by atoms with van der Waals surface area (Å²) >= 11 is 6.15. The number of rotatable bonds is 1. The minimum atomic E-state index is 0.561. The predicted molar refractivity (Wildman–Crippen MR) is 67.8 cm³/mol. The zero-order chi connectivity index (χ0) is 11.8. The zero-order valence-corrected chi connectivity index (χ0v) is 9.59. The Kier molecular flexibility index (Phi) is 2.23. The number of nitrogen functional groups attached to an aromatic ring is 1. The molecular weight excluding hydrogens is 236 g/mol. The molecular formula is C12H9ClN4. The second-order valence-electron chi connectivity index (χ2n) is 3.65. The van der Waals surface area contributed by atoms with Crippen molar-refractivity contribution in [3.05, 3.63) is 47.6 Å². The van der Waals surface area contributed by atoms with E-state index in [0.29, 0.717) is 22.3 Å². The van der Waals surface area contributed by atoms with E-state index in [1.165, 1.54) is 0 Å². The van der Waals surface area contributed by atoms with E-state index < -0.39 is 0 Å². The molecule has 0 atom stereocenters. The lowest BCUT2D eigenvalue weighted by atomic mass is 10.2. The first-order valence-corrected chi connectivity index (χ1v) is 5.50. The third-order valence-electron chi connectivity index (χ3n) is 2.58. The van der Waals surface area contributed by atoms with Gasteiger partial charge in [-0.25, -0.2) is 0 Å². The van der Waals surface area contributed by atoms with Crippen molar-refractivity contribution in [3.63, 3.8) is 0 Å². The van der Waals surface area contributed by atoms with E-state index in [0.717, 1.165) is 5.56 Å². The number of aromatic nitrogens is 3. The summed E-state index contributed by atoms with van der Waals surface area (Å²) in [6.07, 6.45) is 0. The van der Waals surface area contributed by atoms with Gasteiger partial charge in [-0.2, -0.15) is 0 Å². The van der Waals surface area contributed by atoms with Gasteiger partial charge in [-0.3, -0.25) is 4.40 Å². The molecule has 2 N–H and O–H groups in total. The highest BCUT2D eigenvalue weighted by molar-refractivity contribution is 6.29. The summed E-state index contributed by atoms with van der Waals surface area (Å²) in [7, 11) is 0. The molecule has 2 aromatic heterocycles. The van der Waals surface area contributed by atoms with Crippen LogP contribution in [0, 0.1) is 0 Å². The molecule has 84 valence electrons. The van der Waals surface area contributed by atoms with Crippen molar-refractivity contribution in [2.24, 2.45) is 0 Å². The van der Waals surface area contributed by atoms with Crippen LogP contribution in [0.1, 0.15) is 0 Å². The Labute approximate surface area is 103 Å². The summed E-state index contributed by atoms with van der Waals surface area (Å²) in [6, 6.07) is 13.0. The van der Waals surface area contributed by atoms with Crippen molar-refractivity contribution in [1.82, 2.24) is 14.6 Å². The van der Waals surface area contributed by atoms with Gasteiger partial charge in [0.1, 0.15) is 5.15 Å². The van der Waals surface area contributed by atoms with Gasteiger partial charge in [-0.15, -0.1) is 10.2 Å². The molecule has 0 saturated heterocycles. The Balaban J connectivity index is 2.36. The minimum absolute atomic E-state index is 0.561. The molecule has 5 heteroatoms. The van der Waals surface area contributed by atoms with Gasteiger partial charge in [-0.05, 0) is 24.3 Å². The topological polar surface area (TPSA) is 56.2 Å². The Bertz CT molecular complexity index is 690. The maximum absolute atomic E-state index is 6.15. The normalized spacial score (nSPS) is 10.9. The Morgan fingerprint density at radius 1 is 1.00 bits per heavy atom. The van der Waals surface area contributed by atoms with E-state index >= 15 is 0 Å². The quantitative estimate of drug-likeness (QED) is 0.529. The van der Waals surface area contributed by atoms with Gasteiger partial charge in [0.2, 0.25) is 0 Å². The van der Waals surface area contributed by atoms with E-state index in [9.17, 15) is 0 Å². The molecule has 0 amide bonds. The van der Waals surface area contributed by atoms with E-state index in [-0.39, 0.29) is 0 Å². The number of nitrogens with zero attached hydrogens (tertiary/aromatic N) is 3. The van der Waals surface area contributed by atoms with Gasteiger partial charge in [0.05, 0.1) is 0 Å². The van der Waals surface area contributed by atoms with Crippen molar-refractivity contribution >= 4 is 22.9 Å². The van der Waals surface area contributed by atoms with Crippen LogP contribution in [0.4, 0.5) is 5.69 Å². The zero-order valence-electron chi connectivity index (χ0n) is 8.84. The summed E-state index contributed by atoms with van der Waals surface area (Å²) in [5.74, 6) is 0.656. The van der Waals surface area contributed by atoms with Crippen LogP contribution in [0.25, 0.3) is 17.0 Å². The molecule has 0 radical (unpaired) electrons. The number of fused-ring (bicyclic) bond motifs is 1. The number of benzene rings is 1. The fourth-order valence-corrected chi connectivity index (χ4v) is 2.02. The molecule has 0 fully saturated rings. The average Bonchev–Trinajstić information content (AvgIpc) is 2.75. The summed E-state index contributed by atoms with van der Waals surface area (Å²) in [4.78, 5) is 0. The lowest BCUT2D eigenvalue weighted by molar-refractivity contribution is 1.11. The van der Waals surface area contributed by atoms with Gasteiger partial charge in [0.15, 0.2) is 11.5 Å². The van der Waals surface area contributed by atoms with Crippen molar-refractivity contribution < 1.29 is 0 Å². The Morgan fingerprint density at radius 3 is 2.65 bits per heavy atom. The third kappa shape index (κ3) is 1.54. The van der Waals surface area contributed by atoms with Crippen LogP contribution in [0.5, 0.6) is 0 Å². The summed E-state index contributed by atoms with van der Waals surface area (Å²) < 4.78 is 1.77. The number of hydrogen-bond donors (Lipinski definition) is 1. The van der Waals surface area contributed by atoms with Crippen LogP contribution in [0.2, 0.25) is 5.15 Å². The third-order valence-corrected chi connectivity index (χ3v) is 2.88. The molecule has 17 heavy (non-hydrogen) atoms. The smallest absolute Gasteiger partial charge is 0.171 e. The highest BCUT2D eigenvalue weighted by Gasteiger charge is 2.12. The molecule has 0 saturated carbocycles. The number of halogens is 1. The van der Waals surface area contributed by atoms with Crippen LogP contribution in [0.3, 0.4) is 0 Å². The molecule has 3 rings (SSSR count). The first kappa shape index (κ1) is 10.1. The lowest BCUT2D eigenvalue weighted by Crippen LogP contribution is -1.95. The number of hydrogen-bond acceptors (Lipinski definition) is 3. The maximum atomic E-state index is 6.15. The molecule has 3 aromatic rings. The standard InChI is InChI=1S/C12H9ClN4/c13-10-6-3-7-11-15-16-12(17(10)11)8-4-1-2-5-9(8)14/h1-7H,14H2. The van der Waals surface area contributed by atoms with Crippen LogP contribution < -0.4 is 5.73 Å². The largest absolute Gasteiger partial charge is 0.398 e. The van der Waals surface area contributed by atoms with E-state index in [2.05, 4.69) is 10.2 Å². The lowest BCUT2D eigenvalue weighted by Gasteiger charge is -2.04. The molecule has 0 unspecified atom stereocenters. The molecule has 0 aliphatic rings. The fraction of sp³-hybridized carbons (Fsp3) is 0. The second kappa shape index (κ2) is 3.75. The SMILES string of the molecule is Nc1ccccc1-c1nnc2cccc(Cl)n12. The highest BCUT2D eigenvalue weighted by Crippen LogP contribution is 2.26. The molecule has 1 aromatic carbocycles. The van der Waals surface area contributed by atoms with Crippen molar-refractivity contribution in [2.45, 2.75) is 0 Å². The van der Waals surface area contributed by atoms with Crippen LogP contribution in [-0.4, -0.2) is 14.6 Å². The first-order chi connectivity index (χ1) is 8.27. The van der Waals surface area contributed by atoms with Gasteiger partial charge >= 0.3 is 0 Å². The summed E-state index contributed by atoms with van der Waals surface area (Å²) in [5, 5.41) is 8.77. The monoisotopic (exact) mass is 244 g/mol. The average molecular weight is 245 g/mol. The molecule has 0 aliphatic carbocycles. The van der Waals surface area contributed by atoms with Gasteiger partial charge < -0.3 is 5.73 Å². The molecule has 0 aliphatic heterocycles. The number of nitrogens with two attached hydrogens (primary N) is 1. The van der Waals surface area contributed by atoms with Crippen LogP contribution in [-0.2, 0) is 0 Å². The number of pyridine rings is 1. The highest BCUT2D eigenvalue weighted by atomic mass is 35.5. The Hall–Kier alpha value is -2.07. The van der Waals surface area contributed by atoms with Crippen LogP contribution >= 0.6 is 11.6 Å². The van der Waals surface area contributed by atoms with Crippen LogP contribution in [0.15, 0.2) is 42.5 Å². The summed E-state index contributed by atoms with van der Waals surface area (Å²) in [6.45, 7) is 0. The van der Waals surface area contributed by atoms with E-state index in [1.54, 1.807) is 10.5 Å². The summed E-state index contributed by atoms with van der Waals surface area (Å²) in [5.41, 5.74) is 8.11. The number of para-hydroxylation sites is 1. The molecule has 0 bridgehead atoms. The van der Waals surface area contributed by atoms with Gasteiger partial charge in [0.25, 0.3) is 0 Å². The van der Waals surface area contributed by atoms with E-state index in [4.69, 9.17) is 17.3 Å². The molecule has 0 spiro atoms. The first-order valence-electron chi connectivity index (χ1n) is 5.12. The van der Waals surface area contributed by atoms with Crippen molar-refractivity contribution in [3.8, 4) is 11.4 Å². The second-order valence-corrected chi connectivity index (χ2v) is 4.04. The van der Waals surface area contributed by atoms with Gasteiger partial charge in [0, 0.05) is 11.3 Å². The number of anilines is 1. The Morgan fingerprint density at radius 2 is 1.82 bits per heavy atom. The minimum Gasteiger partial charge on any atom is -0.398 e. The van der Waals surface area contributed by atoms with Crippen molar-refractivity contribution in [2.75, 3.05) is 5.73 Å². The van der Waals surface area contributed by atoms with Crippen molar-refractivity contribution in [1.29, 1.82) is 0 Å². The molecule has 2 heterocycles. The van der Waals surface area contributed by atoms with Gasteiger partial charge in [-0.1, -0.05) is 29.8 Å². The fourth-order valence-electron chi connectivity index (χ4n) is 1.78. The maximum Gasteiger partial charge on any atom is 0.171 e. The van der Waals surface area contributed by atoms with E-state index in [1.807, 2.05) is 36.4 Å². The molecule has 4 nitrogen and oxygen atoms in total.